The van der Waals surface area contributed by atoms with Crippen LogP contribution < -0.4 is 20.8 Å². The van der Waals surface area contributed by atoms with Gasteiger partial charge in [-0.25, -0.2) is 9.18 Å². The summed E-state index contributed by atoms with van der Waals surface area (Å²) in [4.78, 5) is 25.8. The number of benzene rings is 1. The molecule has 3 atom stereocenters. The summed E-state index contributed by atoms with van der Waals surface area (Å²) in [7, 11) is 0. The molecule has 7 nitrogen and oxygen atoms in total. The van der Waals surface area contributed by atoms with Crippen molar-refractivity contribution in [1.29, 1.82) is 0 Å². The van der Waals surface area contributed by atoms with Crippen LogP contribution >= 0.6 is 0 Å². The van der Waals surface area contributed by atoms with Crippen molar-refractivity contribution in [2.45, 2.75) is 19.0 Å². The van der Waals surface area contributed by atoms with Gasteiger partial charge in [-0.2, -0.15) is 0 Å². The van der Waals surface area contributed by atoms with Crippen LogP contribution in [0.5, 0.6) is 5.75 Å². The van der Waals surface area contributed by atoms with Gasteiger partial charge in [-0.1, -0.05) is 6.08 Å². The number of hydrogen-bond acceptors (Lipinski definition) is 5. The van der Waals surface area contributed by atoms with E-state index in [-0.39, 0.29) is 47.0 Å². The van der Waals surface area contributed by atoms with E-state index < -0.39 is 17.2 Å². The first-order valence-corrected chi connectivity index (χ1v) is 10.3. The number of aromatic carboxylic acids is 1. The Morgan fingerprint density at radius 1 is 0.837 bits per heavy atom. The van der Waals surface area contributed by atoms with Gasteiger partial charge < -0.3 is 25.0 Å². The van der Waals surface area contributed by atoms with Crippen LogP contribution in [0.15, 0.2) is 29.7 Å². The average molecular weight is 791 g/mol. The van der Waals surface area contributed by atoms with Crippen LogP contribution in [0.25, 0.3) is 10.9 Å². The number of nitrogens with zero attached hydrogens (tertiary/aromatic N) is 2. The summed E-state index contributed by atoms with van der Waals surface area (Å²) in [5.74, 6) is -1.69. The second kappa shape index (κ2) is 45.7. The van der Waals surface area contributed by atoms with Crippen LogP contribution in [0, 0.1) is 11.7 Å². The molecule has 0 amide bonds. The van der Waals surface area contributed by atoms with Crippen molar-refractivity contribution in [3.05, 3.63) is 46.5 Å². The Bertz CT molecular complexity index is 1070. The van der Waals surface area contributed by atoms with Crippen molar-refractivity contribution >= 4 is 22.6 Å². The number of aromatic nitrogens is 1. The molecule has 0 spiro atoms. The largest absolute Gasteiger partial charge is 0.487 e. The Kier molecular flexibility index (Phi) is 59.0. The smallest absolute Gasteiger partial charge is 0.341 e. The zero-order chi connectivity index (χ0) is 41.5. The van der Waals surface area contributed by atoms with Crippen molar-refractivity contribution < 1.29 is 120 Å². The predicted molar refractivity (Wildman–Crippen MR) is 124 cm³/mol. The Labute approximate surface area is 255 Å². The van der Waals surface area contributed by atoms with Gasteiger partial charge in [0.05, 0.1) is 16.9 Å². The number of ether oxygens (including phenoxy) is 1. The van der Waals surface area contributed by atoms with E-state index in [9.17, 15) is 14.7 Å². The SMILES string of the molecule is C=C[C@H]1CN(c2c(F)cc3c(=O)c(C(=O)O)cn4c3c2OC[C@@H]4C)C[C@H]1N.FF.FF.FF.FF.FF.FF.FF.FF.FF.FF.FF. The number of nitrogens with two attached hydrogens (primary N) is 1. The minimum absolute atomic E-state index is 0.00136. The summed E-state index contributed by atoms with van der Waals surface area (Å²) in [6, 6.07) is 0.732. The lowest BCUT2D eigenvalue weighted by Gasteiger charge is -2.31. The fourth-order valence-electron chi connectivity index (χ4n) is 3.94. The van der Waals surface area contributed by atoms with Crippen LogP contribution in [0.1, 0.15) is 23.3 Å². The van der Waals surface area contributed by atoms with E-state index in [0.717, 1.165) is 6.07 Å². The van der Waals surface area contributed by atoms with Gasteiger partial charge in [0.2, 0.25) is 5.43 Å². The molecule has 0 saturated carbocycles. The summed E-state index contributed by atoms with van der Waals surface area (Å²) >= 11 is 0. The van der Waals surface area contributed by atoms with Gasteiger partial charge in [-0.3, -0.25) is 4.79 Å². The first kappa shape index (κ1) is 63.3. The number of pyridine rings is 1. The lowest BCUT2D eigenvalue weighted by atomic mass is 10.1. The van der Waals surface area contributed by atoms with Gasteiger partial charge in [-0.15, -0.1) is 6.58 Å². The standard InChI is InChI=1S/C19H20FN3O4.11F2/c1-3-10-5-22(7-14(10)21)16-13(20)4-11-15-18(16)27-8-9(2)23(15)6-12(17(11)24)19(25)26;11*1-2/h3-4,6,9-10,14H,1,5,7-8,21H2,2H3,(H,25,26);;;;;;;;;;;/t9-,10-,14+;;;;;;;;;;;/m0.........../s1. The third-order valence-electron chi connectivity index (χ3n) is 5.40. The summed E-state index contributed by atoms with van der Waals surface area (Å²) < 4.78 is 199. The number of hydrogen-bond donors (Lipinski definition) is 2. The molecule has 0 bridgehead atoms. The third kappa shape index (κ3) is 19.2. The zero-order valence-corrected chi connectivity index (χ0v) is 23.1. The number of anilines is 1. The molecular formula is C19H20F23N3O4. The van der Waals surface area contributed by atoms with E-state index >= 15 is 4.39 Å². The monoisotopic (exact) mass is 791 g/mol. The first-order chi connectivity index (χ1) is 23.8. The van der Waals surface area contributed by atoms with E-state index in [4.69, 9.17) is 111 Å². The Morgan fingerprint density at radius 3 is 1.59 bits per heavy atom. The minimum Gasteiger partial charge on any atom is -0.487 e. The quantitative estimate of drug-likeness (QED) is 0.237. The fourth-order valence-corrected chi connectivity index (χ4v) is 3.94. The fraction of sp³-hybridized carbons (Fsp3) is 0.368. The number of carboxylic acids is 1. The normalized spacial score (nSPS) is 14.6. The van der Waals surface area contributed by atoms with Crippen molar-refractivity contribution in [1.82, 2.24) is 4.57 Å². The summed E-state index contributed by atoms with van der Waals surface area (Å²) in [6.07, 6.45) is 3.07. The summed E-state index contributed by atoms with van der Waals surface area (Å²) in [5.41, 5.74) is 5.68. The molecule has 1 saturated heterocycles. The molecule has 3 heterocycles. The van der Waals surface area contributed by atoms with Gasteiger partial charge in [0.25, 0.3) is 0 Å². The molecule has 3 N–H and O–H groups in total. The van der Waals surface area contributed by atoms with E-state index in [2.05, 4.69) is 6.58 Å². The van der Waals surface area contributed by atoms with Gasteiger partial charge >= 0.3 is 5.97 Å². The second-order valence-corrected chi connectivity index (χ2v) is 7.15. The van der Waals surface area contributed by atoms with Gasteiger partial charge in [0.15, 0.2) is 11.6 Å². The molecule has 0 radical (unpaired) electrons. The van der Waals surface area contributed by atoms with E-state index in [1.807, 2.05) is 6.92 Å². The molecule has 1 fully saturated rings. The van der Waals surface area contributed by atoms with Gasteiger partial charge in [-0.05, 0) is 13.0 Å². The molecule has 2 aliphatic heterocycles. The molecule has 1 aromatic heterocycles. The highest BCUT2D eigenvalue weighted by molar-refractivity contribution is 5.97. The highest BCUT2D eigenvalue weighted by Gasteiger charge is 2.35. The predicted octanol–water partition coefficient (Wildman–Crippen LogP) is 11.0. The molecule has 30 heteroatoms. The van der Waals surface area contributed by atoms with Crippen LogP contribution in [0.3, 0.4) is 0 Å². The molecular weight excluding hydrogens is 771 g/mol. The van der Waals surface area contributed by atoms with Crippen LogP contribution in [0.2, 0.25) is 0 Å². The Morgan fingerprint density at radius 2 is 1.24 bits per heavy atom. The lowest BCUT2D eigenvalue weighted by Crippen LogP contribution is -2.31. The molecule has 2 aromatic rings. The van der Waals surface area contributed by atoms with Crippen molar-refractivity contribution in [3.63, 3.8) is 0 Å². The molecule has 1 aromatic carbocycles. The lowest BCUT2D eigenvalue weighted by molar-refractivity contribution is 0.0694. The number of halogens is 23. The maximum Gasteiger partial charge on any atom is 0.341 e. The highest BCUT2D eigenvalue weighted by atomic mass is 20.0. The van der Waals surface area contributed by atoms with Gasteiger partial charge in [0.1, 0.15) is 17.9 Å². The molecule has 296 valence electrons. The second-order valence-electron chi connectivity index (χ2n) is 7.15. The molecule has 49 heavy (non-hydrogen) atoms. The third-order valence-corrected chi connectivity index (χ3v) is 5.40. The molecule has 0 aliphatic carbocycles. The maximum absolute atomic E-state index is 15.1. The van der Waals surface area contributed by atoms with Crippen molar-refractivity contribution in [3.8, 4) is 5.75 Å². The molecule has 4 rings (SSSR count). The maximum atomic E-state index is 15.1. The number of carbonyl (C=O) groups is 1. The van der Waals surface area contributed by atoms with Gasteiger partial charge in [0, 0.05) is 132 Å². The summed E-state index contributed by atoms with van der Waals surface area (Å²) in [5, 5.41) is 9.33. The number of carboxylic acid groups (broad SMARTS) is 1. The van der Waals surface area contributed by atoms with E-state index in [1.54, 1.807) is 15.5 Å². The van der Waals surface area contributed by atoms with Crippen molar-refractivity contribution in [2.75, 3.05) is 24.6 Å². The van der Waals surface area contributed by atoms with Crippen LogP contribution in [-0.4, -0.2) is 41.4 Å². The average Bonchev–Trinajstić information content (AvgIpc) is 3.58. The Balaban J connectivity index is -0.000000109. The van der Waals surface area contributed by atoms with Crippen LogP contribution in [0.4, 0.5) is 111 Å². The van der Waals surface area contributed by atoms with E-state index in [0.29, 0.717) is 18.6 Å². The molecule has 0 unspecified atom stereocenters. The summed E-state index contributed by atoms with van der Waals surface area (Å²) in [6.45, 7) is 6.80. The van der Waals surface area contributed by atoms with Crippen LogP contribution in [-0.2, 0) is 0 Å². The zero-order valence-electron chi connectivity index (χ0n) is 23.1. The highest BCUT2D eigenvalue weighted by Crippen LogP contribution is 2.43. The minimum atomic E-state index is -1.34. The number of rotatable bonds is 3. The molecule has 2 aliphatic rings. The Hall–Kier alpha value is -4.41. The topological polar surface area (TPSA) is 97.8 Å². The van der Waals surface area contributed by atoms with E-state index in [1.165, 1.54) is 6.20 Å². The van der Waals surface area contributed by atoms with Crippen molar-refractivity contribution in [2.24, 2.45) is 11.7 Å². The first-order valence-electron chi connectivity index (χ1n) is 10.3.